The van der Waals surface area contributed by atoms with Gasteiger partial charge in [0.2, 0.25) is 11.1 Å². The second-order valence-electron chi connectivity index (χ2n) is 4.05. The number of rotatable bonds is 6. The van der Waals surface area contributed by atoms with Crippen molar-refractivity contribution in [2.24, 2.45) is 0 Å². The third-order valence-corrected chi connectivity index (χ3v) is 3.37. The van der Waals surface area contributed by atoms with E-state index in [0.717, 1.165) is 12.8 Å². The number of tetrazole rings is 1. The van der Waals surface area contributed by atoms with E-state index in [2.05, 4.69) is 20.8 Å². The minimum atomic E-state index is -1.06. The van der Waals surface area contributed by atoms with Gasteiger partial charge in [-0.3, -0.25) is 9.59 Å². The Labute approximate surface area is 107 Å². The number of carboxylic acids is 1. The van der Waals surface area contributed by atoms with Crippen molar-refractivity contribution in [1.29, 1.82) is 0 Å². The van der Waals surface area contributed by atoms with Crippen LogP contribution in [0.4, 0.5) is 0 Å². The number of thioether (sulfide) groups is 1. The van der Waals surface area contributed by atoms with Crippen LogP contribution in [0.15, 0.2) is 5.16 Å². The topological polar surface area (TPSA) is 110 Å². The van der Waals surface area contributed by atoms with E-state index in [9.17, 15) is 9.59 Å². The molecule has 1 aromatic heterocycles. The van der Waals surface area contributed by atoms with Gasteiger partial charge in [-0.25, -0.2) is 4.68 Å². The van der Waals surface area contributed by atoms with E-state index in [-0.39, 0.29) is 11.7 Å². The van der Waals surface area contributed by atoms with Gasteiger partial charge >= 0.3 is 5.97 Å². The van der Waals surface area contributed by atoms with Crippen molar-refractivity contribution >= 4 is 23.6 Å². The van der Waals surface area contributed by atoms with Gasteiger partial charge in [-0.1, -0.05) is 11.8 Å². The van der Waals surface area contributed by atoms with Gasteiger partial charge < -0.3 is 10.4 Å². The molecule has 0 aliphatic heterocycles. The standard InChI is InChI=1S/C9H13N5O3S/c1-5(8(16)17)10-7(15)4-18-9-11-12-13-14(9)6-2-3-6/h5-6H,2-4H2,1H3,(H,10,15)(H,16,17)/t5-/m0/s1. The van der Waals surface area contributed by atoms with Crippen LogP contribution in [0.2, 0.25) is 0 Å². The molecule has 0 saturated heterocycles. The maximum absolute atomic E-state index is 11.5. The Morgan fingerprint density at radius 2 is 2.33 bits per heavy atom. The first-order valence-corrected chi connectivity index (χ1v) is 6.49. The summed E-state index contributed by atoms with van der Waals surface area (Å²) in [6, 6.07) is -0.541. The third kappa shape index (κ3) is 3.19. The van der Waals surface area contributed by atoms with Gasteiger partial charge in [0.15, 0.2) is 0 Å². The Bertz CT molecular complexity index is 459. The normalized spacial score (nSPS) is 16.3. The minimum Gasteiger partial charge on any atom is -0.480 e. The molecule has 1 heterocycles. The second kappa shape index (κ2) is 5.34. The molecule has 0 unspecified atom stereocenters. The maximum Gasteiger partial charge on any atom is 0.325 e. The summed E-state index contributed by atoms with van der Waals surface area (Å²) >= 11 is 1.21. The zero-order valence-corrected chi connectivity index (χ0v) is 10.6. The molecule has 98 valence electrons. The van der Waals surface area contributed by atoms with Crippen LogP contribution in [0.25, 0.3) is 0 Å². The van der Waals surface area contributed by atoms with E-state index in [4.69, 9.17) is 5.11 Å². The van der Waals surface area contributed by atoms with Crippen LogP contribution in [-0.2, 0) is 9.59 Å². The lowest BCUT2D eigenvalue weighted by molar-refractivity contribution is -0.140. The Morgan fingerprint density at radius 3 is 2.94 bits per heavy atom. The number of nitrogens with one attached hydrogen (secondary N) is 1. The first kappa shape index (κ1) is 12.8. The highest BCUT2D eigenvalue weighted by atomic mass is 32.2. The molecule has 1 amide bonds. The minimum absolute atomic E-state index is 0.102. The second-order valence-corrected chi connectivity index (χ2v) is 5.00. The summed E-state index contributed by atoms with van der Waals surface area (Å²) in [6.07, 6.45) is 2.11. The van der Waals surface area contributed by atoms with Gasteiger partial charge in [0.1, 0.15) is 6.04 Å². The number of carbonyl (C=O) groups excluding carboxylic acids is 1. The SMILES string of the molecule is C[C@H](NC(=O)CSc1nnnn1C1CC1)C(=O)O. The lowest BCUT2D eigenvalue weighted by Crippen LogP contribution is -2.39. The number of nitrogens with zero attached hydrogens (tertiary/aromatic N) is 4. The molecule has 8 nitrogen and oxygen atoms in total. The zero-order chi connectivity index (χ0) is 13.1. The van der Waals surface area contributed by atoms with Crippen LogP contribution in [0.5, 0.6) is 0 Å². The average Bonchev–Trinajstić information content (AvgIpc) is 3.05. The van der Waals surface area contributed by atoms with E-state index in [1.165, 1.54) is 18.7 Å². The van der Waals surface area contributed by atoms with Crippen LogP contribution in [0.1, 0.15) is 25.8 Å². The maximum atomic E-state index is 11.5. The van der Waals surface area contributed by atoms with Gasteiger partial charge in [-0.2, -0.15) is 0 Å². The van der Waals surface area contributed by atoms with Crippen molar-refractivity contribution in [2.45, 2.75) is 37.0 Å². The molecule has 0 aromatic carbocycles. The zero-order valence-electron chi connectivity index (χ0n) is 9.74. The summed E-state index contributed by atoms with van der Waals surface area (Å²) in [5.74, 6) is -1.30. The van der Waals surface area contributed by atoms with E-state index >= 15 is 0 Å². The monoisotopic (exact) mass is 271 g/mol. The molecule has 1 saturated carbocycles. The summed E-state index contributed by atoms with van der Waals surface area (Å²) < 4.78 is 1.71. The fourth-order valence-corrected chi connectivity index (χ4v) is 2.06. The predicted octanol–water partition coefficient (Wildman–Crippen LogP) is -0.311. The molecule has 9 heteroatoms. The molecule has 1 aliphatic carbocycles. The number of amides is 1. The number of carbonyl (C=O) groups is 2. The van der Waals surface area contributed by atoms with E-state index in [0.29, 0.717) is 11.2 Å². The van der Waals surface area contributed by atoms with Crippen LogP contribution < -0.4 is 5.32 Å². The van der Waals surface area contributed by atoms with Crippen LogP contribution >= 0.6 is 11.8 Å². The molecule has 2 N–H and O–H groups in total. The average molecular weight is 271 g/mol. The summed E-state index contributed by atoms with van der Waals surface area (Å²) in [7, 11) is 0. The summed E-state index contributed by atoms with van der Waals surface area (Å²) in [5, 5.41) is 22.9. The Hall–Kier alpha value is -1.64. The smallest absolute Gasteiger partial charge is 0.325 e. The molecule has 18 heavy (non-hydrogen) atoms. The number of hydrogen-bond donors (Lipinski definition) is 2. The van der Waals surface area contributed by atoms with Gasteiger partial charge in [0, 0.05) is 0 Å². The van der Waals surface area contributed by atoms with Crippen LogP contribution in [-0.4, -0.2) is 49.0 Å². The van der Waals surface area contributed by atoms with E-state index < -0.39 is 12.0 Å². The molecule has 2 rings (SSSR count). The van der Waals surface area contributed by atoms with Crippen molar-refractivity contribution in [3.63, 3.8) is 0 Å². The summed E-state index contributed by atoms with van der Waals surface area (Å²) in [4.78, 5) is 22.0. The fourth-order valence-electron chi connectivity index (χ4n) is 1.30. The highest BCUT2D eigenvalue weighted by Gasteiger charge is 2.28. The molecule has 0 spiro atoms. The highest BCUT2D eigenvalue weighted by molar-refractivity contribution is 7.99. The van der Waals surface area contributed by atoms with Crippen LogP contribution in [0, 0.1) is 0 Å². The van der Waals surface area contributed by atoms with Crippen molar-refractivity contribution in [2.75, 3.05) is 5.75 Å². The Balaban J connectivity index is 1.82. The molecule has 0 radical (unpaired) electrons. The van der Waals surface area contributed by atoms with Gasteiger partial charge in [0.05, 0.1) is 11.8 Å². The molecular formula is C9H13N5O3S. The number of aliphatic carboxylic acids is 1. The first-order chi connectivity index (χ1) is 8.58. The molecule has 1 aliphatic rings. The quantitative estimate of drug-likeness (QED) is 0.683. The highest BCUT2D eigenvalue weighted by Crippen LogP contribution is 2.36. The third-order valence-electron chi connectivity index (χ3n) is 2.44. The van der Waals surface area contributed by atoms with Crippen molar-refractivity contribution in [3.8, 4) is 0 Å². The van der Waals surface area contributed by atoms with Crippen molar-refractivity contribution < 1.29 is 14.7 Å². The van der Waals surface area contributed by atoms with Gasteiger partial charge in [-0.05, 0) is 30.2 Å². The molecule has 1 atom stereocenters. The van der Waals surface area contributed by atoms with Gasteiger partial charge in [-0.15, -0.1) is 5.10 Å². The molecule has 0 bridgehead atoms. The predicted molar refractivity (Wildman–Crippen MR) is 62.1 cm³/mol. The van der Waals surface area contributed by atoms with Crippen molar-refractivity contribution in [3.05, 3.63) is 0 Å². The van der Waals surface area contributed by atoms with E-state index in [1.807, 2.05) is 0 Å². The summed E-state index contributed by atoms with van der Waals surface area (Å²) in [6.45, 7) is 1.42. The molecular weight excluding hydrogens is 258 g/mol. The van der Waals surface area contributed by atoms with Crippen molar-refractivity contribution in [1.82, 2.24) is 25.5 Å². The summed E-state index contributed by atoms with van der Waals surface area (Å²) in [5.41, 5.74) is 0. The Kier molecular flexibility index (Phi) is 3.80. The number of carboxylic acid groups (broad SMARTS) is 1. The largest absolute Gasteiger partial charge is 0.480 e. The lowest BCUT2D eigenvalue weighted by Gasteiger charge is -2.08. The first-order valence-electron chi connectivity index (χ1n) is 5.50. The van der Waals surface area contributed by atoms with Crippen LogP contribution in [0.3, 0.4) is 0 Å². The number of hydrogen-bond acceptors (Lipinski definition) is 6. The Morgan fingerprint density at radius 1 is 1.61 bits per heavy atom. The fraction of sp³-hybridized carbons (Fsp3) is 0.667. The number of aromatic nitrogens is 4. The van der Waals surface area contributed by atoms with E-state index in [1.54, 1.807) is 4.68 Å². The lowest BCUT2D eigenvalue weighted by atomic mass is 10.3. The molecule has 1 aromatic rings. The van der Waals surface area contributed by atoms with Gasteiger partial charge in [0.25, 0.3) is 0 Å². The molecule has 1 fully saturated rings.